The molecule has 1 aromatic heterocycles. The monoisotopic (exact) mass is 461 g/mol. The highest BCUT2D eigenvalue weighted by Gasteiger charge is 2.27. The molecule has 0 saturated carbocycles. The van der Waals surface area contributed by atoms with E-state index in [2.05, 4.69) is 4.74 Å². The summed E-state index contributed by atoms with van der Waals surface area (Å²) in [5.74, 6) is -0.440. The minimum Gasteiger partial charge on any atom is -0.465 e. The van der Waals surface area contributed by atoms with Gasteiger partial charge in [0.25, 0.3) is 5.56 Å². The van der Waals surface area contributed by atoms with E-state index in [4.69, 9.17) is 23.2 Å². The van der Waals surface area contributed by atoms with Crippen molar-refractivity contribution in [2.75, 3.05) is 7.11 Å². The first-order valence-corrected chi connectivity index (χ1v) is 10.3. The van der Waals surface area contributed by atoms with Crippen molar-refractivity contribution in [3.05, 3.63) is 103 Å². The van der Waals surface area contributed by atoms with Crippen molar-refractivity contribution in [1.82, 2.24) is 4.57 Å². The highest BCUT2D eigenvalue weighted by Crippen LogP contribution is 2.33. The minimum absolute atomic E-state index is 0.0770. The van der Waals surface area contributed by atoms with E-state index in [1.807, 2.05) is 0 Å². The number of hydrogen-bond acceptors (Lipinski definition) is 5. The number of methoxy groups -OCH3 is 1. The predicted octanol–water partition coefficient (Wildman–Crippen LogP) is 3.95. The largest absolute Gasteiger partial charge is 0.465 e. The van der Waals surface area contributed by atoms with Crippen molar-refractivity contribution in [3.8, 4) is 0 Å². The molecule has 0 saturated heterocycles. The minimum atomic E-state index is -1.44. The van der Waals surface area contributed by atoms with Crippen LogP contribution in [-0.4, -0.2) is 27.9 Å². The van der Waals surface area contributed by atoms with Gasteiger partial charge in [0, 0.05) is 6.54 Å². The molecular formula is C23H21Cl2NO5. The van der Waals surface area contributed by atoms with Crippen LogP contribution in [0.1, 0.15) is 39.4 Å². The second kappa shape index (κ2) is 10.1. The van der Waals surface area contributed by atoms with Crippen LogP contribution in [0.5, 0.6) is 0 Å². The molecule has 3 aromatic rings. The van der Waals surface area contributed by atoms with Crippen molar-refractivity contribution in [1.29, 1.82) is 0 Å². The molecule has 0 aliphatic carbocycles. The van der Waals surface area contributed by atoms with Gasteiger partial charge in [0.05, 0.1) is 23.4 Å². The molecule has 3 rings (SSSR count). The first kappa shape index (κ1) is 23.0. The number of ether oxygens (including phenoxy) is 1. The summed E-state index contributed by atoms with van der Waals surface area (Å²) in [4.78, 5) is 24.3. The van der Waals surface area contributed by atoms with Crippen LogP contribution in [0.2, 0.25) is 10.0 Å². The lowest BCUT2D eigenvalue weighted by atomic mass is 10.0. The molecule has 0 bridgehead atoms. The Hall–Kier alpha value is -2.64. The van der Waals surface area contributed by atoms with Crippen molar-refractivity contribution in [2.24, 2.45) is 0 Å². The molecule has 2 N–H and O–H groups in total. The van der Waals surface area contributed by atoms with Gasteiger partial charge in [0.2, 0.25) is 0 Å². The van der Waals surface area contributed by atoms with Crippen LogP contribution < -0.4 is 5.56 Å². The lowest BCUT2D eigenvalue weighted by Gasteiger charge is -2.23. The zero-order valence-electron chi connectivity index (χ0n) is 16.7. The molecule has 0 amide bonds. The summed E-state index contributed by atoms with van der Waals surface area (Å²) in [6, 6.07) is 16.6. The lowest BCUT2D eigenvalue weighted by Crippen LogP contribution is -2.28. The van der Waals surface area contributed by atoms with E-state index in [0.717, 1.165) is 5.56 Å². The number of pyridine rings is 1. The van der Waals surface area contributed by atoms with Crippen LogP contribution in [0, 0.1) is 0 Å². The Bertz CT molecular complexity index is 1110. The molecule has 2 atom stereocenters. The summed E-state index contributed by atoms with van der Waals surface area (Å²) in [7, 11) is 1.31. The Morgan fingerprint density at radius 3 is 2.26 bits per heavy atom. The van der Waals surface area contributed by atoms with Crippen LogP contribution in [-0.2, 0) is 17.7 Å². The Kier molecular flexibility index (Phi) is 7.51. The number of carbonyl (C=O) groups excluding carboxylic acids is 1. The Balaban J connectivity index is 1.91. The highest BCUT2D eigenvalue weighted by molar-refractivity contribution is 6.34. The normalized spacial score (nSPS) is 12.9. The fraction of sp³-hybridized carbons (Fsp3) is 0.217. The van der Waals surface area contributed by atoms with E-state index in [0.29, 0.717) is 17.5 Å². The molecule has 8 heteroatoms. The maximum absolute atomic E-state index is 12.7. The molecule has 2 unspecified atom stereocenters. The van der Waals surface area contributed by atoms with Gasteiger partial charge < -0.3 is 19.5 Å². The maximum Gasteiger partial charge on any atom is 0.337 e. The summed E-state index contributed by atoms with van der Waals surface area (Å²) in [5.41, 5.74) is 1.31. The predicted molar refractivity (Wildman–Crippen MR) is 119 cm³/mol. The first-order valence-electron chi connectivity index (χ1n) is 9.50. The molecule has 31 heavy (non-hydrogen) atoms. The molecule has 0 spiro atoms. The summed E-state index contributed by atoms with van der Waals surface area (Å²) in [6.07, 6.45) is -2.33. The van der Waals surface area contributed by atoms with Gasteiger partial charge in [-0.15, -0.1) is 0 Å². The molecular weight excluding hydrogens is 441 g/mol. The molecule has 0 fully saturated rings. The molecule has 0 aliphatic heterocycles. The average Bonchev–Trinajstić information content (AvgIpc) is 2.79. The van der Waals surface area contributed by atoms with Crippen LogP contribution in [0.25, 0.3) is 0 Å². The zero-order chi connectivity index (χ0) is 22.5. The Labute approximate surface area is 189 Å². The number of halogens is 2. The van der Waals surface area contributed by atoms with Gasteiger partial charge in [-0.05, 0) is 35.7 Å². The summed E-state index contributed by atoms with van der Waals surface area (Å²) in [5, 5.41) is 21.5. The Morgan fingerprint density at radius 2 is 1.65 bits per heavy atom. The number of aromatic nitrogens is 1. The standard InChI is InChI=1S/C23H21Cl2NO5/c1-31-23(30)16-9-7-14(8-10-16)11-12-26-19(17(24)13-18(25)22(26)29)21(28)20(27)15-5-3-2-4-6-15/h2-10,13,20-21,27-28H,11-12H2,1H3. The van der Waals surface area contributed by atoms with Crippen molar-refractivity contribution < 1.29 is 19.7 Å². The first-order chi connectivity index (χ1) is 14.8. The van der Waals surface area contributed by atoms with E-state index in [-0.39, 0.29) is 22.3 Å². The molecule has 0 aliphatic rings. The van der Waals surface area contributed by atoms with Gasteiger partial charge in [-0.2, -0.15) is 0 Å². The number of aliphatic hydroxyl groups excluding tert-OH is 2. The topological polar surface area (TPSA) is 88.8 Å². The fourth-order valence-corrected chi connectivity index (χ4v) is 3.88. The Morgan fingerprint density at radius 1 is 1.00 bits per heavy atom. The third kappa shape index (κ3) is 5.17. The second-order valence-electron chi connectivity index (χ2n) is 6.92. The number of benzene rings is 2. The number of aryl methyl sites for hydroxylation is 1. The smallest absolute Gasteiger partial charge is 0.337 e. The zero-order valence-corrected chi connectivity index (χ0v) is 18.2. The SMILES string of the molecule is COC(=O)c1ccc(CCn2c(C(O)C(O)c3ccccc3)c(Cl)cc(Cl)c2=O)cc1. The second-order valence-corrected chi connectivity index (χ2v) is 7.74. The molecule has 1 heterocycles. The number of carbonyl (C=O) groups is 1. The van der Waals surface area contributed by atoms with Gasteiger partial charge in [-0.1, -0.05) is 65.7 Å². The van der Waals surface area contributed by atoms with E-state index in [1.54, 1.807) is 54.6 Å². The number of esters is 1. The summed E-state index contributed by atoms with van der Waals surface area (Å²) < 4.78 is 5.96. The van der Waals surface area contributed by atoms with Gasteiger partial charge in [-0.25, -0.2) is 4.79 Å². The van der Waals surface area contributed by atoms with Crippen LogP contribution in [0.4, 0.5) is 0 Å². The van der Waals surface area contributed by atoms with E-state index in [9.17, 15) is 19.8 Å². The third-order valence-corrected chi connectivity index (χ3v) is 5.53. The van der Waals surface area contributed by atoms with Crippen molar-refractivity contribution in [2.45, 2.75) is 25.2 Å². The van der Waals surface area contributed by atoms with Crippen LogP contribution in [0.15, 0.2) is 65.5 Å². The van der Waals surface area contributed by atoms with Gasteiger partial charge >= 0.3 is 5.97 Å². The third-order valence-electron chi connectivity index (χ3n) is 4.96. The molecule has 0 radical (unpaired) electrons. The quantitative estimate of drug-likeness (QED) is 0.519. The van der Waals surface area contributed by atoms with E-state index >= 15 is 0 Å². The molecule has 2 aromatic carbocycles. The molecule has 6 nitrogen and oxygen atoms in total. The highest BCUT2D eigenvalue weighted by atomic mass is 35.5. The summed E-state index contributed by atoms with van der Waals surface area (Å²) in [6.45, 7) is 0.157. The molecule has 162 valence electrons. The van der Waals surface area contributed by atoms with Crippen molar-refractivity contribution >= 4 is 29.2 Å². The van der Waals surface area contributed by atoms with Crippen molar-refractivity contribution in [3.63, 3.8) is 0 Å². The number of hydrogen-bond donors (Lipinski definition) is 2. The van der Waals surface area contributed by atoms with Crippen LogP contribution in [0.3, 0.4) is 0 Å². The van der Waals surface area contributed by atoms with E-state index in [1.165, 1.54) is 17.7 Å². The number of rotatable bonds is 7. The lowest BCUT2D eigenvalue weighted by molar-refractivity contribution is 0.0119. The fourth-order valence-electron chi connectivity index (χ4n) is 3.29. The van der Waals surface area contributed by atoms with Gasteiger partial charge in [-0.3, -0.25) is 4.79 Å². The average molecular weight is 462 g/mol. The van der Waals surface area contributed by atoms with Gasteiger partial charge in [0.15, 0.2) is 0 Å². The van der Waals surface area contributed by atoms with E-state index < -0.39 is 23.7 Å². The van der Waals surface area contributed by atoms with Gasteiger partial charge in [0.1, 0.15) is 17.2 Å². The maximum atomic E-state index is 12.7. The summed E-state index contributed by atoms with van der Waals surface area (Å²) >= 11 is 12.4. The number of nitrogens with zero attached hydrogens (tertiary/aromatic N) is 1. The van der Waals surface area contributed by atoms with Crippen LogP contribution >= 0.6 is 23.2 Å². The number of aliphatic hydroxyl groups is 2.